The monoisotopic (exact) mass is 262 g/mol. The molecule has 1 aromatic rings. The lowest BCUT2D eigenvalue weighted by Gasteiger charge is -2.22. The van der Waals surface area contributed by atoms with Crippen molar-refractivity contribution in [2.45, 2.75) is 47.0 Å². The van der Waals surface area contributed by atoms with Crippen LogP contribution in [0.2, 0.25) is 0 Å². The van der Waals surface area contributed by atoms with Crippen molar-refractivity contribution in [1.82, 2.24) is 9.97 Å². The molecule has 1 aromatic heterocycles. The third-order valence-corrected chi connectivity index (χ3v) is 4.14. The van der Waals surface area contributed by atoms with Crippen LogP contribution >= 0.6 is 0 Å². The average molecular weight is 262 g/mol. The summed E-state index contributed by atoms with van der Waals surface area (Å²) in [7, 11) is 0. The van der Waals surface area contributed by atoms with Crippen molar-refractivity contribution in [3.8, 4) is 0 Å². The zero-order valence-electron chi connectivity index (χ0n) is 12.6. The maximum Gasteiger partial charge on any atom is 0.137 e. The minimum atomic E-state index is 0.640. The molecule has 1 atom stereocenters. The number of rotatable bonds is 4. The van der Waals surface area contributed by atoms with Crippen LogP contribution in [0.25, 0.3) is 0 Å². The lowest BCUT2D eigenvalue weighted by atomic mass is 9.95. The Morgan fingerprint density at radius 3 is 2.68 bits per heavy atom. The van der Waals surface area contributed by atoms with Gasteiger partial charge in [0.2, 0.25) is 0 Å². The summed E-state index contributed by atoms with van der Waals surface area (Å²) in [5, 5.41) is 0. The SMILES string of the molecule is CCCc1nc(N)c(C)c(N2CCC(C(C)C)C2)n1. The van der Waals surface area contributed by atoms with Crippen LogP contribution < -0.4 is 10.6 Å². The molecule has 0 radical (unpaired) electrons. The Kier molecular flexibility index (Phi) is 4.27. The molecule has 19 heavy (non-hydrogen) atoms. The molecule has 4 heteroatoms. The van der Waals surface area contributed by atoms with Gasteiger partial charge < -0.3 is 10.6 Å². The van der Waals surface area contributed by atoms with Gasteiger partial charge in [-0.25, -0.2) is 9.97 Å². The highest BCUT2D eigenvalue weighted by Gasteiger charge is 2.27. The zero-order chi connectivity index (χ0) is 14.0. The second-order valence-corrected chi connectivity index (χ2v) is 5.96. The summed E-state index contributed by atoms with van der Waals surface area (Å²) >= 11 is 0. The van der Waals surface area contributed by atoms with E-state index in [0.29, 0.717) is 5.82 Å². The van der Waals surface area contributed by atoms with Crippen LogP contribution in [0, 0.1) is 18.8 Å². The predicted octanol–water partition coefficient (Wildman–Crippen LogP) is 2.80. The van der Waals surface area contributed by atoms with Gasteiger partial charge in [-0.2, -0.15) is 0 Å². The van der Waals surface area contributed by atoms with Crippen LogP contribution in [-0.4, -0.2) is 23.1 Å². The summed E-state index contributed by atoms with van der Waals surface area (Å²) in [6, 6.07) is 0. The molecule has 1 unspecified atom stereocenters. The van der Waals surface area contributed by atoms with E-state index in [2.05, 4.69) is 30.7 Å². The first-order valence-corrected chi connectivity index (χ1v) is 7.40. The van der Waals surface area contributed by atoms with Gasteiger partial charge in [0.15, 0.2) is 0 Å². The van der Waals surface area contributed by atoms with E-state index in [4.69, 9.17) is 10.7 Å². The lowest BCUT2D eigenvalue weighted by molar-refractivity contribution is 0.422. The van der Waals surface area contributed by atoms with Gasteiger partial charge in [0.05, 0.1) is 0 Å². The molecule has 2 N–H and O–H groups in total. The van der Waals surface area contributed by atoms with E-state index in [-0.39, 0.29) is 0 Å². The fourth-order valence-electron chi connectivity index (χ4n) is 2.74. The topological polar surface area (TPSA) is 55.0 Å². The van der Waals surface area contributed by atoms with E-state index >= 15 is 0 Å². The molecule has 1 fully saturated rings. The van der Waals surface area contributed by atoms with E-state index in [1.807, 2.05) is 6.92 Å². The van der Waals surface area contributed by atoms with Crippen molar-refractivity contribution in [3.63, 3.8) is 0 Å². The van der Waals surface area contributed by atoms with Crippen molar-refractivity contribution in [3.05, 3.63) is 11.4 Å². The van der Waals surface area contributed by atoms with Gasteiger partial charge in [-0.05, 0) is 31.6 Å². The number of aromatic nitrogens is 2. The summed E-state index contributed by atoms with van der Waals surface area (Å²) in [5.74, 6) is 4.08. The van der Waals surface area contributed by atoms with Crippen LogP contribution in [0.3, 0.4) is 0 Å². The molecule has 1 saturated heterocycles. The summed E-state index contributed by atoms with van der Waals surface area (Å²) in [4.78, 5) is 11.5. The molecule has 1 aliphatic heterocycles. The van der Waals surface area contributed by atoms with Crippen LogP contribution in [0.4, 0.5) is 11.6 Å². The maximum absolute atomic E-state index is 6.04. The molecule has 0 saturated carbocycles. The average Bonchev–Trinajstić information content (AvgIpc) is 2.83. The summed E-state index contributed by atoms with van der Waals surface area (Å²) < 4.78 is 0. The maximum atomic E-state index is 6.04. The first-order valence-electron chi connectivity index (χ1n) is 7.40. The molecule has 0 spiro atoms. The van der Waals surface area contributed by atoms with Crippen LogP contribution in [0.15, 0.2) is 0 Å². The van der Waals surface area contributed by atoms with Gasteiger partial charge in [0.1, 0.15) is 17.5 Å². The lowest BCUT2D eigenvalue weighted by Crippen LogP contribution is -2.24. The van der Waals surface area contributed by atoms with E-state index in [1.165, 1.54) is 6.42 Å². The Morgan fingerprint density at radius 1 is 1.37 bits per heavy atom. The fourth-order valence-corrected chi connectivity index (χ4v) is 2.74. The molecule has 0 bridgehead atoms. The number of nitrogens with zero attached hydrogens (tertiary/aromatic N) is 3. The Labute approximate surface area is 116 Å². The molecule has 0 aromatic carbocycles. The Morgan fingerprint density at radius 2 is 2.11 bits per heavy atom. The van der Waals surface area contributed by atoms with Gasteiger partial charge in [-0.15, -0.1) is 0 Å². The first-order chi connectivity index (χ1) is 9.02. The van der Waals surface area contributed by atoms with Gasteiger partial charge in [0.25, 0.3) is 0 Å². The van der Waals surface area contributed by atoms with Crippen LogP contribution in [0.5, 0.6) is 0 Å². The molecule has 2 rings (SSSR count). The third-order valence-electron chi connectivity index (χ3n) is 4.14. The number of hydrogen-bond acceptors (Lipinski definition) is 4. The van der Waals surface area contributed by atoms with E-state index in [9.17, 15) is 0 Å². The highest BCUT2D eigenvalue weighted by molar-refractivity contribution is 5.57. The summed E-state index contributed by atoms with van der Waals surface area (Å²) in [6.07, 6.45) is 3.21. The fraction of sp³-hybridized carbons (Fsp3) is 0.733. The second kappa shape index (κ2) is 5.76. The minimum Gasteiger partial charge on any atom is -0.383 e. The van der Waals surface area contributed by atoms with Gasteiger partial charge in [-0.3, -0.25) is 0 Å². The third kappa shape index (κ3) is 2.99. The Bertz CT molecular complexity index is 442. The van der Waals surface area contributed by atoms with Crippen molar-refractivity contribution in [2.24, 2.45) is 11.8 Å². The second-order valence-electron chi connectivity index (χ2n) is 5.96. The standard InChI is InChI=1S/C15H26N4/c1-5-6-13-17-14(16)11(4)15(18-13)19-8-7-12(9-19)10(2)3/h10,12H,5-9H2,1-4H3,(H2,16,17,18). The number of aryl methyl sites for hydroxylation is 1. The first kappa shape index (κ1) is 14.1. The molecule has 2 heterocycles. The predicted molar refractivity (Wildman–Crippen MR) is 80.3 cm³/mol. The van der Waals surface area contributed by atoms with Crippen LogP contribution in [-0.2, 0) is 6.42 Å². The molecular weight excluding hydrogens is 236 g/mol. The number of anilines is 2. The number of nitrogens with two attached hydrogens (primary N) is 1. The van der Waals surface area contributed by atoms with Gasteiger partial charge in [-0.1, -0.05) is 20.8 Å². The van der Waals surface area contributed by atoms with E-state index < -0.39 is 0 Å². The highest BCUT2D eigenvalue weighted by atomic mass is 15.2. The number of nitrogen functional groups attached to an aromatic ring is 1. The van der Waals surface area contributed by atoms with Crippen molar-refractivity contribution < 1.29 is 0 Å². The quantitative estimate of drug-likeness (QED) is 0.906. The van der Waals surface area contributed by atoms with E-state index in [0.717, 1.165) is 55.0 Å². The van der Waals surface area contributed by atoms with Gasteiger partial charge >= 0.3 is 0 Å². The molecule has 106 valence electrons. The zero-order valence-corrected chi connectivity index (χ0v) is 12.6. The molecule has 0 aliphatic carbocycles. The van der Waals surface area contributed by atoms with Crippen molar-refractivity contribution in [1.29, 1.82) is 0 Å². The van der Waals surface area contributed by atoms with Crippen molar-refractivity contribution in [2.75, 3.05) is 23.7 Å². The van der Waals surface area contributed by atoms with E-state index in [1.54, 1.807) is 0 Å². The summed E-state index contributed by atoms with van der Waals surface area (Å²) in [6.45, 7) is 11.0. The Balaban J connectivity index is 2.24. The minimum absolute atomic E-state index is 0.640. The normalized spacial score (nSPS) is 19.4. The highest BCUT2D eigenvalue weighted by Crippen LogP contribution is 2.30. The van der Waals surface area contributed by atoms with Crippen LogP contribution in [0.1, 0.15) is 45.0 Å². The Hall–Kier alpha value is -1.32. The molecular formula is C15H26N4. The molecule has 1 aliphatic rings. The molecule has 0 amide bonds. The van der Waals surface area contributed by atoms with Crippen molar-refractivity contribution >= 4 is 11.6 Å². The summed E-state index contributed by atoms with van der Waals surface area (Å²) in [5.41, 5.74) is 7.07. The molecule has 4 nitrogen and oxygen atoms in total. The number of hydrogen-bond donors (Lipinski definition) is 1. The smallest absolute Gasteiger partial charge is 0.137 e. The van der Waals surface area contributed by atoms with Gasteiger partial charge in [0, 0.05) is 25.1 Å². The largest absolute Gasteiger partial charge is 0.383 e.